The van der Waals surface area contributed by atoms with Gasteiger partial charge in [-0.15, -0.1) is 6.58 Å². The van der Waals surface area contributed by atoms with Crippen LogP contribution >= 0.6 is 0 Å². The lowest BCUT2D eigenvalue weighted by Crippen LogP contribution is -2.36. The summed E-state index contributed by atoms with van der Waals surface area (Å²) in [5, 5.41) is 0. The van der Waals surface area contributed by atoms with Gasteiger partial charge in [-0.2, -0.15) is 0 Å². The van der Waals surface area contributed by atoms with Gasteiger partial charge in [0, 0.05) is 35.5 Å². The second kappa shape index (κ2) is 6.37. The Morgan fingerprint density at radius 1 is 1.59 bits per heavy atom. The van der Waals surface area contributed by atoms with Gasteiger partial charge in [0.2, 0.25) is 0 Å². The van der Waals surface area contributed by atoms with Gasteiger partial charge in [-0.3, -0.25) is 16.3 Å². The Morgan fingerprint density at radius 2 is 2.29 bits per heavy atom. The molecule has 0 bridgehead atoms. The van der Waals surface area contributed by atoms with E-state index in [1.165, 1.54) is 0 Å². The maximum Gasteiger partial charge on any atom is 0.128 e. The highest BCUT2D eigenvalue weighted by Crippen LogP contribution is 2.24. The van der Waals surface area contributed by atoms with Gasteiger partial charge in [-0.1, -0.05) is 6.08 Å². The highest BCUT2D eigenvalue weighted by molar-refractivity contribution is 5.41. The third-order valence-corrected chi connectivity index (χ3v) is 2.88. The SMILES string of the molecule is C=CCC(Cc1ncc(C)c(OC)c1C)NN. The van der Waals surface area contributed by atoms with E-state index in [0.29, 0.717) is 0 Å². The summed E-state index contributed by atoms with van der Waals surface area (Å²) >= 11 is 0. The number of nitrogens with two attached hydrogens (primary N) is 1. The van der Waals surface area contributed by atoms with Gasteiger partial charge in [0.1, 0.15) is 5.75 Å². The second-order valence-electron chi connectivity index (χ2n) is 4.14. The maximum atomic E-state index is 5.50. The lowest BCUT2D eigenvalue weighted by molar-refractivity contribution is 0.406. The molecule has 0 aliphatic heterocycles. The molecule has 1 atom stereocenters. The van der Waals surface area contributed by atoms with E-state index in [2.05, 4.69) is 17.0 Å². The summed E-state index contributed by atoms with van der Waals surface area (Å²) in [5.74, 6) is 6.41. The van der Waals surface area contributed by atoms with Crippen molar-refractivity contribution in [1.82, 2.24) is 10.4 Å². The lowest BCUT2D eigenvalue weighted by Gasteiger charge is -2.17. The zero-order chi connectivity index (χ0) is 12.8. The highest BCUT2D eigenvalue weighted by atomic mass is 16.5. The molecule has 0 saturated carbocycles. The molecule has 0 saturated heterocycles. The number of methoxy groups -OCH3 is 1. The lowest BCUT2D eigenvalue weighted by atomic mass is 10.0. The van der Waals surface area contributed by atoms with Crippen LogP contribution in [0.4, 0.5) is 0 Å². The average Bonchev–Trinajstić information content (AvgIpc) is 2.32. The summed E-state index contributed by atoms with van der Waals surface area (Å²) in [6.07, 6.45) is 5.27. The number of nitrogens with zero attached hydrogens (tertiary/aromatic N) is 1. The Hall–Kier alpha value is -1.39. The summed E-state index contributed by atoms with van der Waals surface area (Å²) in [6.45, 7) is 7.73. The van der Waals surface area contributed by atoms with E-state index in [0.717, 1.165) is 35.4 Å². The van der Waals surface area contributed by atoms with Crippen LogP contribution in [0.25, 0.3) is 0 Å². The fourth-order valence-corrected chi connectivity index (χ4v) is 1.92. The molecule has 0 amide bonds. The van der Waals surface area contributed by atoms with Crippen LogP contribution in [0.1, 0.15) is 23.2 Å². The molecule has 3 N–H and O–H groups in total. The first kappa shape index (κ1) is 13.7. The summed E-state index contributed by atoms with van der Waals surface area (Å²) in [6, 6.07) is 0.158. The standard InChI is InChI=1S/C13H21N3O/c1-5-6-11(16-14)7-12-10(3)13(17-4)9(2)8-15-12/h5,8,11,16H,1,6-7,14H2,2-4H3. The largest absolute Gasteiger partial charge is 0.496 e. The Balaban J connectivity index is 2.94. The van der Waals surface area contributed by atoms with E-state index in [4.69, 9.17) is 10.6 Å². The molecule has 0 aliphatic rings. The first-order valence-corrected chi connectivity index (χ1v) is 5.70. The van der Waals surface area contributed by atoms with Gasteiger partial charge in [0.05, 0.1) is 7.11 Å². The van der Waals surface area contributed by atoms with Gasteiger partial charge in [-0.25, -0.2) is 0 Å². The maximum absolute atomic E-state index is 5.50. The third-order valence-electron chi connectivity index (χ3n) is 2.88. The number of nitrogens with one attached hydrogen (secondary N) is 1. The molecule has 4 heteroatoms. The number of hydrazine groups is 1. The third kappa shape index (κ3) is 3.28. The van der Waals surface area contributed by atoms with Crippen LogP contribution < -0.4 is 16.0 Å². The predicted octanol–water partition coefficient (Wildman–Crippen LogP) is 1.66. The van der Waals surface area contributed by atoms with Crippen molar-refractivity contribution in [3.05, 3.63) is 35.7 Å². The smallest absolute Gasteiger partial charge is 0.128 e. The van der Waals surface area contributed by atoms with Crippen molar-refractivity contribution >= 4 is 0 Å². The first-order chi connectivity index (χ1) is 8.13. The van der Waals surface area contributed by atoms with Gasteiger partial charge in [0.25, 0.3) is 0 Å². The Labute approximate surface area is 103 Å². The number of aromatic nitrogens is 1. The van der Waals surface area contributed by atoms with Gasteiger partial charge >= 0.3 is 0 Å². The summed E-state index contributed by atoms with van der Waals surface area (Å²) in [7, 11) is 1.68. The van der Waals surface area contributed by atoms with E-state index in [9.17, 15) is 0 Å². The number of hydrogen-bond donors (Lipinski definition) is 2. The minimum absolute atomic E-state index is 0.158. The molecule has 1 heterocycles. The van der Waals surface area contributed by atoms with Gasteiger partial charge in [0.15, 0.2) is 0 Å². The highest BCUT2D eigenvalue weighted by Gasteiger charge is 2.13. The Morgan fingerprint density at radius 3 is 2.82 bits per heavy atom. The fraction of sp³-hybridized carbons (Fsp3) is 0.462. The van der Waals surface area contributed by atoms with E-state index < -0.39 is 0 Å². The minimum atomic E-state index is 0.158. The van der Waals surface area contributed by atoms with Crippen LogP contribution in [0.3, 0.4) is 0 Å². The molecule has 4 nitrogen and oxygen atoms in total. The number of hydrogen-bond acceptors (Lipinski definition) is 4. The van der Waals surface area contributed by atoms with Crippen LogP contribution in [0.15, 0.2) is 18.9 Å². The minimum Gasteiger partial charge on any atom is -0.496 e. The van der Waals surface area contributed by atoms with E-state index >= 15 is 0 Å². The zero-order valence-electron chi connectivity index (χ0n) is 10.8. The van der Waals surface area contributed by atoms with E-state index in [-0.39, 0.29) is 6.04 Å². The van der Waals surface area contributed by atoms with E-state index in [1.807, 2.05) is 26.1 Å². The second-order valence-corrected chi connectivity index (χ2v) is 4.14. The fourth-order valence-electron chi connectivity index (χ4n) is 1.92. The van der Waals surface area contributed by atoms with Crippen molar-refractivity contribution in [2.24, 2.45) is 5.84 Å². The quantitative estimate of drug-likeness (QED) is 0.447. The normalized spacial score (nSPS) is 12.2. The van der Waals surface area contributed by atoms with Crippen molar-refractivity contribution < 1.29 is 4.74 Å². The number of ether oxygens (including phenoxy) is 1. The predicted molar refractivity (Wildman–Crippen MR) is 69.9 cm³/mol. The molecule has 0 aromatic carbocycles. The molecule has 0 fully saturated rings. The number of rotatable bonds is 6. The van der Waals surface area contributed by atoms with Crippen LogP contribution in [0.5, 0.6) is 5.75 Å². The van der Waals surface area contributed by atoms with Crippen LogP contribution in [0.2, 0.25) is 0 Å². The van der Waals surface area contributed by atoms with E-state index in [1.54, 1.807) is 7.11 Å². The van der Waals surface area contributed by atoms with Crippen molar-refractivity contribution in [2.75, 3.05) is 7.11 Å². The van der Waals surface area contributed by atoms with Gasteiger partial charge in [-0.05, 0) is 20.3 Å². The molecular weight excluding hydrogens is 214 g/mol. The summed E-state index contributed by atoms with van der Waals surface area (Å²) in [4.78, 5) is 4.45. The molecule has 94 valence electrons. The number of pyridine rings is 1. The molecule has 1 rings (SSSR count). The number of aryl methyl sites for hydroxylation is 1. The topological polar surface area (TPSA) is 60.2 Å². The van der Waals surface area contributed by atoms with Crippen LogP contribution in [-0.4, -0.2) is 18.1 Å². The molecule has 1 aromatic rings. The van der Waals surface area contributed by atoms with Crippen molar-refractivity contribution in [2.45, 2.75) is 32.7 Å². The monoisotopic (exact) mass is 235 g/mol. The average molecular weight is 235 g/mol. The van der Waals surface area contributed by atoms with Crippen molar-refractivity contribution in [1.29, 1.82) is 0 Å². The first-order valence-electron chi connectivity index (χ1n) is 5.70. The summed E-state index contributed by atoms with van der Waals surface area (Å²) in [5.41, 5.74) is 5.92. The summed E-state index contributed by atoms with van der Waals surface area (Å²) < 4.78 is 5.38. The van der Waals surface area contributed by atoms with Crippen molar-refractivity contribution in [3.63, 3.8) is 0 Å². The van der Waals surface area contributed by atoms with Gasteiger partial charge < -0.3 is 4.74 Å². The molecule has 0 radical (unpaired) electrons. The molecule has 1 unspecified atom stereocenters. The molecule has 1 aromatic heterocycles. The molecular formula is C13H21N3O. The van der Waals surface area contributed by atoms with Crippen LogP contribution in [-0.2, 0) is 6.42 Å². The van der Waals surface area contributed by atoms with Crippen molar-refractivity contribution in [3.8, 4) is 5.75 Å². The molecule has 17 heavy (non-hydrogen) atoms. The van der Waals surface area contributed by atoms with Crippen LogP contribution in [0, 0.1) is 13.8 Å². The molecule has 0 aliphatic carbocycles. The Bertz CT molecular complexity index is 390. The Kier molecular flexibility index (Phi) is 5.12. The zero-order valence-corrected chi connectivity index (χ0v) is 10.8. The molecule has 0 spiro atoms.